The fourth-order valence-corrected chi connectivity index (χ4v) is 2.39. The van der Waals surface area contributed by atoms with Gasteiger partial charge in [0.1, 0.15) is 0 Å². The summed E-state index contributed by atoms with van der Waals surface area (Å²) in [6.07, 6.45) is 2.10. The highest BCUT2D eigenvalue weighted by atomic mass is 28.4. The van der Waals surface area contributed by atoms with Crippen molar-refractivity contribution in [3.8, 4) is 0 Å². The molecule has 0 aliphatic rings. The lowest BCUT2D eigenvalue weighted by molar-refractivity contribution is 0.425. The Morgan fingerprint density at radius 1 is 1.15 bits per heavy atom. The van der Waals surface area contributed by atoms with Crippen LogP contribution in [0.4, 0.5) is 0 Å². The molecule has 0 aliphatic carbocycles. The molecule has 0 saturated heterocycles. The van der Waals surface area contributed by atoms with Crippen LogP contribution in [0.1, 0.15) is 12.0 Å². The van der Waals surface area contributed by atoms with E-state index in [1.54, 1.807) is 0 Å². The van der Waals surface area contributed by atoms with Crippen LogP contribution in [0.5, 0.6) is 0 Å². The van der Waals surface area contributed by atoms with Crippen LogP contribution in [0.15, 0.2) is 30.3 Å². The summed E-state index contributed by atoms with van der Waals surface area (Å²) in [7, 11) is -2.06. The van der Waals surface area contributed by atoms with Crippen LogP contribution in [0.25, 0.3) is 0 Å². The molecule has 1 aromatic carbocycles. The van der Waals surface area contributed by atoms with Gasteiger partial charge in [0, 0.05) is 0 Å². The maximum atomic E-state index is 11.4. The number of benzene rings is 1. The molecular formula is C11H17OSi. The number of hydrogen-bond donors (Lipinski definition) is 0. The molecule has 0 heterocycles. The van der Waals surface area contributed by atoms with Gasteiger partial charge in [-0.25, -0.2) is 0 Å². The molecule has 1 nitrogen and oxygen atoms in total. The quantitative estimate of drug-likeness (QED) is 0.654. The first kappa shape index (κ1) is 10.5. The second kappa shape index (κ2) is 4.58. The van der Waals surface area contributed by atoms with Crippen molar-refractivity contribution >= 4 is 8.32 Å². The van der Waals surface area contributed by atoms with Gasteiger partial charge in [0.05, 0.1) is 0 Å². The average molecular weight is 193 g/mol. The van der Waals surface area contributed by atoms with Crippen LogP contribution in [-0.2, 0) is 11.2 Å². The Balaban J connectivity index is 2.29. The molecule has 13 heavy (non-hydrogen) atoms. The van der Waals surface area contributed by atoms with E-state index in [-0.39, 0.29) is 0 Å². The summed E-state index contributed by atoms with van der Waals surface area (Å²) < 4.78 is 0. The third kappa shape index (κ3) is 4.86. The molecule has 0 unspecified atom stereocenters. The van der Waals surface area contributed by atoms with Crippen molar-refractivity contribution in [2.45, 2.75) is 32.0 Å². The second-order valence-corrected chi connectivity index (χ2v) is 8.12. The van der Waals surface area contributed by atoms with E-state index in [0.29, 0.717) is 0 Å². The lowest BCUT2D eigenvalue weighted by Gasteiger charge is -2.09. The van der Waals surface area contributed by atoms with Crippen molar-refractivity contribution in [3.63, 3.8) is 0 Å². The molecule has 2 heteroatoms. The summed E-state index contributed by atoms with van der Waals surface area (Å²) in [6, 6.07) is 11.3. The van der Waals surface area contributed by atoms with E-state index < -0.39 is 8.32 Å². The Labute approximate surface area is 81.6 Å². The molecule has 0 fully saturated rings. The van der Waals surface area contributed by atoms with Crippen molar-refractivity contribution in [2.24, 2.45) is 0 Å². The Morgan fingerprint density at radius 3 is 2.31 bits per heavy atom. The minimum atomic E-state index is -2.06. The molecule has 1 radical (unpaired) electrons. The normalized spacial score (nSPS) is 11.6. The first-order valence-corrected chi connectivity index (χ1v) is 7.94. The first-order chi connectivity index (χ1) is 6.08. The van der Waals surface area contributed by atoms with Crippen molar-refractivity contribution in [1.82, 2.24) is 0 Å². The largest absolute Gasteiger partial charge is 0.298 e. The minimum Gasteiger partial charge on any atom is -0.298 e. The van der Waals surface area contributed by atoms with E-state index in [4.69, 9.17) is 0 Å². The zero-order chi connectivity index (χ0) is 9.73. The molecule has 0 aromatic heterocycles. The zero-order valence-electron chi connectivity index (χ0n) is 8.42. The van der Waals surface area contributed by atoms with Crippen molar-refractivity contribution < 1.29 is 4.80 Å². The van der Waals surface area contributed by atoms with Crippen LogP contribution >= 0.6 is 0 Å². The highest BCUT2D eigenvalue weighted by Gasteiger charge is 2.18. The van der Waals surface area contributed by atoms with E-state index in [1.807, 2.05) is 19.2 Å². The molecule has 1 rings (SSSR count). The minimum absolute atomic E-state index is 0.891. The van der Waals surface area contributed by atoms with Crippen molar-refractivity contribution in [2.75, 3.05) is 0 Å². The Morgan fingerprint density at radius 2 is 1.77 bits per heavy atom. The summed E-state index contributed by atoms with van der Waals surface area (Å²) in [6.45, 7) is 3.77. The maximum absolute atomic E-state index is 11.4. The van der Waals surface area contributed by atoms with E-state index >= 15 is 0 Å². The molecule has 0 aliphatic heterocycles. The second-order valence-electron chi connectivity index (χ2n) is 4.10. The highest BCUT2D eigenvalue weighted by Crippen LogP contribution is 2.12. The molecule has 71 valence electrons. The lowest BCUT2D eigenvalue weighted by Crippen LogP contribution is -2.22. The number of rotatable bonds is 4. The zero-order valence-corrected chi connectivity index (χ0v) is 9.42. The third-order valence-corrected chi connectivity index (χ3v) is 3.64. The van der Waals surface area contributed by atoms with Gasteiger partial charge in [-0.3, -0.25) is 4.80 Å². The molecule has 0 atom stereocenters. The van der Waals surface area contributed by atoms with Crippen LogP contribution in [0, 0.1) is 0 Å². The van der Waals surface area contributed by atoms with E-state index in [9.17, 15) is 4.80 Å². The Kier molecular flexibility index (Phi) is 3.69. The topological polar surface area (TPSA) is 19.9 Å². The Bertz CT molecular complexity index is 238. The van der Waals surface area contributed by atoms with Crippen molar-refractivity contribution in [3.05, 3.63) is 35.9 Å². The summed E-state index contributed by atoms with van der Waals surface area (Å²) in [5, 5.41) is 0. The standard InChI is InChI=1S/C11H17OSi/c1-13(2,12)10-6-9-11-7-4-3-5-8-11/h3-5,7-8H,6,9-10H2,1-2H3. The van der Waals surface area contributed by atoms with Gasteiger partial charge in [-0.2, -0.15) is 0 Å². The maximum Gasteiger partial charge on any atom is 0.231 e. The monoisotopic (exact) mass is 193 g/mol. The van der Waals surface area contributed by atoms with Gasteiger partial charge in [0.2, 0.25) is 8.32 Å². The van der Waals surface area contributed by atoms with Crippen LogP contribution < -0.4 is 0 Å². The molecule has 0 saturated carbocycles. The molecular weight excluding hydrogens is 176 g/mol. The predicted molar refractivity (Wildman–Crippen MR) is 57.7 cm³/mol. The fourth-order valence-electron chi connectivity index (χ4n) is 1.36. The first-order valence-electron chi connectivity index (χ1n) is 4.82. The van der Waals surface area contributed by atoms with Gasteiger partial charge in [-0.1, -0.05) is 30.3 Å². The molecule has 1 aromatic rings. The van der Waals surface area contributed by atoms with E-state index in [2.05, 4.69) is 24.3 Å². The fraction of sp³-hybridized carbons (Fsp3) is 0.455. The van der Waals surface area contributed by atoms with Gasteiger partial charge < -0.3 is 0 Å². The average Bonchev–Trinajstić information content (AvgIpc) is 2.04. The van der Waals surface area contributed by atoms with Gasteiger partial charge in [-0.15, -0.1) is 0 Å². The predicted octanol–water partition coefficient (Wildman–Crippen LogP) is 3.25. The third-order valence-electron chi connectivity index (χ3n) is 2.09. The van der Waals surface area contributed by atoms with Crippen LogP contribution in [0.3, 0.4) is 0 Å². The van der Waals surface area contributed by atoms with Crippen LogP contribution in [-0.4, -0.2) is 8.32 Å². The summed E-state index contributed by atoms with van der Waals surface area (Å²) >= 11 is 0. The molecule has 0 spiro atoms. The van der Waals surface area contributed by atoms with Gasteiger partial charge in [0.15, 0.2) is 0 Å². The van der Waals surface area contributed by atoms with E-state index in [0.717, 1.165) is 18.9 Å². The lowest BCUT2D eigenvalue weighted by atomic mass is 10.1. The van der Waals surface area contributed by atoms with Gasteiger partial charge >= 0.3 is 0 Å². The molecule has 0 bridgehead atoms. The number of aryl methyl sites for hydroxylation is 1. The smallest absolute Gasteiger partial charge is 0.231 e. The van der Waals surface area contributed by atoms with Crippen molar-refractivity contribution in [1.29, 1.82) is 0 Å². The SMILES string of the molecule is C[Si](C)([O])CCCc1ccccc1. The summed E-state index contributed by atoms with van der Waals surface area (Å²) in [5.74, 6) is 0. The molecule has 0 amide bonds. The number of hydrogen-bond acceptors (Lipinski definition) is 0. The van der Waals surface area contributed by atoms with Crippen LogP contribution in [0.2, 0.25) is 19.1 Å². The van der Waals surface area contributed by atoms with E-state index in [1.165, 1.54) is 5.56 Å². The van der Waals surface area contributed by atoms with Gasteiger partial charge in [0.25, 0.3) is 0 Å². The van der Waals surface area contributed by atoms with Gasteiger partial charge in [-0.05, 0) is 37.5 Å². The Hall–Kier alpha value is -0.603. The molecule has 0 N–H and O–H groups in total. The summed E-state index contributed by atoms with van der Waals surface area (Å²) in [5.41, 5.74) is 1.35. The highest BCUT2D eigenvalue weighted by molar-refractivity contribution is 6.69. The summed E-state index contributed by atoms with van der Waals surface area (Å²) in [4.78, 5) is 11.4.